The maximum atomic E-state index is 9.73. The van der Waals surface area contributed by atoms with Gasteiger partial charge < -0.3 is 14.6 Å². The molecule has 1 aliphatic rings. The number of hydrogen-bond acceptors (Lipinski definition) is 8. The first-order valence-corrected chi connectivity index (χ1v) is 13.8. The Bertz CT molecular complexity index is 1390. The molecular formula is C30H31Cl2N5O3. The van der Waals surface area contributed by atoms with Crippen LogP contribution in [0.1, 0.15) is 22.3 Å². The molecular weight excluding hydrogens is 549 g/mol. The quantitative estimate of drug-likeness (QED) is 0.260. The summed E-state index contributed by atoms with van der Waals surface area (Å²) in [5.41, 5.74) is 5.96. The van der Waals surface area contributed by atoms with Gasteiger partial charge in [0.25, 0.3) is 0 Å². The molecule has 0 radical (unpaired) electrons. The Balaban J connectivity index is 1.10. The second-order valence-corrected chi connectivity index (χ2v) is 10.7. The Kier molecular flexibility index (Phi) is 9.46. The summed E-state index contributed by atoms with van der Waals surface area (Å²) < 4.78 is 11.2. The van der Waals surface area contributed by atoms with E-state index in [1.165, 1.54) is 22.9 Å². The number of benzene rings is 3. The molecule has 1 fully saturated rings. The van der Waals surface area contributed by atoms with Crippen LogP contribution in [0, 0.1) is 0 Å². The molecule has 1 N–H and O–H groups in total. The predicted octanol–water partition coefficient (Wildman–Crippen LogP) is 5.59. The van der Waals surface area contributed by atoms with Gasteiger partial charge in [0.1, 0.15) is 12.3 Å². The van der Waals surface area contributed by atoms with E-state index in [0.717, 1.165) is 51.5 Å². The van der Waals surface area contributed by atoms with Crippen molar-refractivity contribution in [2.45, 2.75) is 26.2 Å². The summed E-state index contributed by atoms with van der Waals surface area (Å²) in [5.74, 6) is -0.171. The van der Waals surface area contributed by atoms with Gasteiger partial charge in [0.15, 0.2) is 5.75 Å². The molecule has 0 saturated carbocycles. The van der Waals surface area contributed by atoms with Crippen molar-refractivity contribution in [3.8, 4) is 23.0 Å². The highest BCUT2D eigenvalue weighted by molar-refractivity contribution is 6.37. The minimum atomic E-state index is -0.171. The molecule has 1 aliphatic heterocycles. The number of aromatic hydroxyl groups is 1. The second-order valence-electron chi connectivity index (χ2n) is 9.90. The molecule has 0 aliphatic carbocycles. The normalized spacial score (nSPS) is 14.0. The summed E-state index contributed by atoms with van der Waals surface area (Å²) in [6, 6.07) is 20.5. The van der Waals surface area contributed by atoms with E-state index in [1.807, 2.05) is 12.1 Å². The topological polar surface area (TPSA) is 83.8 Å². The lowest BCUT2D eigenvalue weighted by Crippen LogP contribution is -2.35. The van der Waals surface area contributed by atoms with Crippen molar-refractivity contribution in [1.82, 2.24) is 25.0 Å². The molecule has 208 valence electrons. The first kappa shape index (κ1) is 28.3. The maximum absolute atomic E-state index is 9.73. The molecule has 4 aromatic rings. The SMILES string of the molecule is CN(Cc1ccc(COc2ncc(-c3cc(Cl)c(O)c(Cl)c3)nn2)cc1)Cc1cccc(CN2CCOCC2)c1. The number of aromatic nitrogens is 3. The predicted molar refractivity (Wildman–Crippen MR) is 155 cm³/mol. The average Bonchev–Trinajstić information content (AvgIpc) is 2.96. The smallest absolute Gasteiger partial charge is 0.336 e. The highest BCUT2D eigenvalue weighted by Gasteiger charge is 2.12. The molecule has 1 aromatic heterocycles. The lowest BCUT2D eigenvalue weighted by molar-refractivity contribution is 0.0342. The summed E-state index contributed by atoms with van der Waals surface area (Å²) in [4.78, 5) is 8.99. The Morgan fingerprint density at radius 2 is 1.57 bits per heavy atom. The number of phenolic OH excluding ortho intramolecular Hbond substituents is 1. The van der Waals surface area contributed by atoms with E-state index in [-0.39, 0.29) is 21.8 Å². The van der Waals surface area contributed by atoms with Crippen molar-refractivity contribution in [2.24, 2.45) is 0 Å². The maximum Gasteiger partial charge on any atom is 0.336 e. The number of hydrogen-bond donors (Lipinski definition) is 1. The van der Waals surface area contributed by atoms with E-state index in [0.29, 0.717) is 17.9 Å². The van der Waals surface area contributed by atoms with Crippen molar-refractivity contribution in [1.29, 1.82) is 0 Å². The summed E-state index contributed by atoms with van der Waals surface area (Å²) >= 11 is 12.0. The van der Waals surface area contributed by atoms with Gasteiger partial charge in [0, 0.05) is 38.3 Å². The number of phenols is 1. The van der Waals surface area contributed by atoms with E-state index in [9.17, 15) is 5.11 Å². The van der Waals surface area contributed by atoms with E-state index >= 15 is 0 Å². The molecule has 2 heterocycles. The average molecular weight is 581 g/mol. The van der Waals surface area contributed by atoms with E-state index in [4.69, 9.17) is 32.7 Å². The molecule has 0 atom stereocenters. The van der Waals surface area contributed by atoms with Crippen molar-refractivity contribution < 1.29 is 14.6 Å². The number of rotatable bonds is 10. The molecule has 1 saturated heterocycles. The summed E-state index contributed by atoms with van der Waals surface area (Å²) in [5, 5.41) is 18.2. The molecule has 0 spiro atoms. The molecule has 0 bridgehead atoms. The van der Waals surface area contributed by atoms with Crippen LogP contribution in [0.3, 0.4) is 0 Å². The Labute approximate surface area is 244 Å². The van der Waals surface area contributed by atoms with Gasteiger partial charge in [0.05, 0.1) is 29.5 Å². The third-order valence-electron chi connectivity index (χ3n) is 6.65. The van der Waals surface area contributed by atoms with Crippen molar-refractivity contribution in [2.75, 3.05) is 33.4 Å². The second kappa shape index (κ2) is 13.4. The molecule has 8 nitrogen and oxygen atoms in total. The number of ether oxygens (including phenoxy) is 2. The summed E-state index contributed by atoms with van der Waals surface area (Å²) in [6.45, 7) is 6.64. The van der Waals surface area contributed by atoms with E-state index in [1.54, 1.807) is 12.1 Å². The first-order valence-electron chi connectivity index (χ1n) is 13.1. The molecule has 10 heteroatoms. The van der Waals surface area contributed by atoms with Crippen LogP contribution < -0.4 is 4.74 Å². The highest BCUT2D eigenvalue weighted by Crippen LogP contribution is 2.35. The van der Waals surface area contributed by atoms with Crippen LogP contribution in [-0.2, 0) is 31.0 Å². The Morgan fingerprint density at radius 1 is 0.900 bits per heavy atom. The third-order valence-corrected chi connectivity index (χ3v) is 7.23. The fourth-order valence-electron chi connectivity index (χ4n) is 4.59. The lowest BCUT2D eigenvalue weighted by atomic mass is 10.1. The third kappa shape index (κ3) is 7.68. The van der Waals surface area contributed by atoms with Crippen LogP contribution in [0.5, 0.6) is 11.8 Å². The number of morpholine rings is 1. The minimum Gasteiger partial charge on any atom is -0.505 e. The number of halogens is 2. The van der Waals surface area contributed by atoms with Crippen LogP contribution in [-0.4, -0.2) is 63.4 Å². The monoisotopic (exact) mass is 579 g/mol. The van der Waals surface area contributed by atoms with Crippen LogP contribution in [0.4, 0.5) is 0 Å². The van der Waals surface area contributed by atoms with Crippen molar-refractivity contribution in [3.63, 3.8) is 0 Å². The zero-order valence-electron chi connectivity index (χ0n) is 22.3. The van der Waals surface area contributed by atoms with E-state index < -0.39 is 0 Å². The van der Waals surface area contributed by atoms with Gasteiger partial charge in [-0.05, 0) is 41.4 Å². The largest absolute Gasteiger partial charge is 0.505 e. The van der Waals surface area contributed by atoms with Gasteiger partial charge in [-0.15, -0.1) is 5.10 Å². The lowest BCUT2D eigenvalue weighted by Gasteiger charge is -2.26. The van der Waals surface area contributed by atoms with Crippen LogP contribution in [0.25, 0.3) is 11.3 Å². The molecule has 0 amide bonds. The van der Waals surface area contributed by atoms with Gasteiger partial charge >= 0.3 is 6.01 Å². The fraction of sp³-hybridized carbons (Fsp3) is 0.300. The summed E-state index contributed by atoms with van der Waals surface area (Å²) in [7, 11) is 2.14. The van der Waals surface area contributed by atoms with Gasteiger partial charge in [-0.25, -0.2) is 4.98 Å². The van der Waals surface area contributed by atoms with Crippen LogP contribution >= 0.6 is 23.2 Å². The van der Waals surface area contributed by atoms with Gasteiger partial charge in [0.2, 0.25) is 0 Å². The van der Waals surface area contributed by atoms with Crippen LogP contribution in [0.2, 0.25) is 10.0 Å². The molecule has 0 unspecified atom stereocenters. The standard InChI is InChI=1S/C30H31Cl2N5O3/c1-36(18-23-3-2-4-24(13-23)19-37-9-11-39-12-10-37)17-21-5-7-22(8-6-21)20-40-30-33-16-28(34-35-30)25-14-26(31)29(38)27(32)15-25/h2-8,13-16,38H,9-12,17-20H2,1H3. The molecule has 5 rings (SSSR count). The zero-order chi connectivity index (χ0) is 27.9. The fourth-order valence-corrected chi connectivity index (χ4v) is 5.08. The summed E-state index contributed by atoms with van der Waals surface area (Å²) in [6.07, 6.45) is 1.53. The van der Waals surface area contributed by atoms with Crippen molar-refractivity contribution in [3.05, 3.63) is 99.2 Å². The Hall–Kier alpha value is -3.27. The minimum absolute atomic E-state index is 0.132. The zero-order valence-corrected chi connectivity index (χ0v) is 23.8. The van der Waals surface area contributed by atoms with E-state index in [2.05, 4.69) is 68.4 Å². The van der Waals surface area contributed by atoms with Gasteiger partial charge in [-0.2, -0.15) is 0 Å². The van der Waals surface area contributed by atoms with Crippen LogP contribution in [0.15, 0.2) is 66.9 Å². The molecule has 40 heavy (non-hydrogen) atoms. The van der Waals surface area contributed by atoms with Crippen molar-refractivity contribution >= 4 is 23.2 Å². The van der Waals surface area contributed by atoms with Gasteiger partial charge in [-0.3, -0.25) is 9.80 Å². The molecule has 3 aromatic carbocycles. The Morgan fingerprint density at radius 3 is 2.27 bits per heavy atom. The van der Waals surface area contributed by atoms with Gasteiger partial charge in [-0.1, -0.05) is 76.8 Å². The highest BCUT2D eigenvalue weighted by atomic mass is 35.5. The number of nitrogens with zero attached hydrogens (tertiary/aromatic N) is 5. The first-order chi connectivity index (χ1) is 19.4.